The number of benzene rings is 3. The molecule has 0 aliphatic heterocycles. The fourth-order valence-electron chi connectivity index (χ4n) is 3.19. The molecule has 4 rings (SSSR count). The Kier molecular flexibility index (Phi) is 4.73. The molecule has 4 aromatic rings. The lowest BCUT2D eigenvalue weighted by atomic mass is 9.87. The first kappa shape index (κ1) is 18.4. The molecule has 0 bridgehead atoms. The third-order valence-electron chi connectivity index (χ3n) is 4.86. The molecule has 0 unspecified atom stereocenters. The number of carbonyl (C=O) groups is 1. The molecular weight excluding hydrogens is 364 g/mol. The van der Waals surface area contributed by atoms with Crippen LogP contribution in [-0.4, -0.2) is 11.4 Å². The van der Waals surface area contributed by atoms with Gasteiger partial charge in [0.05, 0.1) is 11.4 Å². The van der Waals surface area contributed by atoms with Crippen molar-refractivity contribution < 1.29 is 4.79 Å². The highest BCUT2D eigenvalue weighted by Gasteiger charge is 2.17. The summed E-state index contributed by atoms with van der Waals surface area (Å²) in [4.78, 5) is 18.1. The standard InChI is InChI=1S/C24H22N2OS/c1-24(2,3)20-10-12-21(13-11-20)26(16-27)23-25-22(15-28-23)19-9-8-17-6-4-5-7-18(17)14-19/h4-16H,1-3H3. The summed E-state index contributed by atoms with van der Waals surface area (Å²) < 4.78 is 0. The van der Waals surface area contributed by atoms with Crippen molar-refractivity contribution in [2.75, 3.05) is 4.90 Å². The van der Waals surface area contributed by atoms with Crippen LogP contribution in [0, 0.1) is 0 Å². The lowest BCUT2D eigenvalue weighted by Gasteiger charge is -2.20. The first-order valence-corrected chi connectivity index (χ1v) is 10.1. The predicted molar refractivity (Wildman–Crippen MR) is 118 cm³/mol. The Balaban J connectivity index is 1.65. The minimum atomic E-state index is 0.0783. The molecule has 1 heterocycles. The third kappa shape index (κ3) is 3.56. The quantitative estimate of drug-likeness (QED) is 0.372. The molecule has 0 saturated carbocycles. The van der Waals surface area contributed by atoms with Gasteiger partial charge >= 0.3 is 0 Å². The summed E-state index contributed by atoms with van der Waals surface area (Å²) in [5, 5.41) is 5.05. The molecule has 140 valence electrons. The first-order valence-electron chi connectivity index (χ1n) is 9.25. The molecule has 0 spiro atoms. The van der Waals surface area contributed by atoms with Crippen LogP contribution in [0.4, 0.5) is 10.8 Å². The van der Waals surface area contributed by atoms with Crippen molar-refractivity contribution in [2.24, 2.45) is 0 Å². The Morgan fingerprint density at radius 1 is 0.929 bits per heavy atom. The summed E-state index contributed by atoms with van der Waals surface area (Å²) in [6, 6.07) is 22.7. The van der Waals surface area contributed by atoms with Gasteiger partial charge in [0.2, 0.25) is 6.41 Å². The van der Waals surface area contributed by atoms with E-state index in [2.05, 4.69) is 63.2 Å². The van der Waals surface area contributed by atoms with E-state index in [1.165, 1.54) is 27.7 Å². The van der Waals surface area contributed by atoms with Crippen molar-refractivity contribution >= 4 is 39.3 Å². The minimum Gasteiger partial charge on any atom is -0.278 e. The molecule has 0 fully saturated rings. The van der Waals surface area contributed by atoms with E-state index < -0.39 is 0 Å². The molecule has 0 aliphatic rings. The number of nitrogens with zero attached hydrogens (tertiary/aromatic N) is 2. The van der Waals surface area contributed by atoms with Gasteiger partial charge in [-0.25, -0.2) is 4.98 Å². The van der Waals surface area contributed by atoms with Crippen LogP contribution in [0.3, 0.4) is 0 Å². The maximum atomic E-state index is 11.8. The van der Waals surface area contributed by atoms with Crippen LogP contribution in [-0.2, 0) is 10.2 Å². The number of rotatable bonds is 4. The van der Waals surface area contributed by atoms with Crippen LogP contribution in [0.25, 0.3) is 22.0 Å². The Hall–Kier alpha value is -2.98. The van der Waals surface area contributed by atoms with Crippen LogP contribution in [0.2, 0.25) is 0 Å². The minimum absolute atomic E-state index is 0.0783. The average Bonchev–Trinajstić information content (AvgIpc) is 3.18. The van der Waals surface area contributed by atoms with Gasteiger partial charge in [-0.1, -0.05) is 69.3 Å². The molecule has 1 amide bonds. The van der Waals surface area contributed by atoms with E-state index in [0.717, 1.165) is 23.4 Å². The van der Waals surface area contributed by atoms with Gasteiger partial charge in [0.15, 0.2) is 5.13 Å². The fraction of sp³-hybridized carbons (Fsp3) is 0.167. The molecule has 3 nitrogen and oxygen atoms in total. The van der Waals surface area contributed by atoms with Gasteiger partial charge in [-0.2, -0.15) is 0 Å². The SMILES string of the molecule is CC(C)(C)c1ccc(N(C=O)c2nc(-c3ccc4ccccc4c3)cs2)cc1. The zero-order valence-corrected chi connectivity index (χ0v) is 17.0. The first-order chi connectivity index (χ1) is 13.5. The number of aromatic nitrogens is 1. The molecule has 0 radical (unpaired) electrons. The van der Waals surface area contributed by atoms with Crippen LogP contribution in [0.1, 0.15) is 26.3 Å². The normalized spacial score (nSPS) is 11.5. The van der Waals surface area contributed by atoms with Crippen LogP contribution >= 0.6 is 11.3 Å². The molecular formula is C24H22N2OS. The Morgan fingerprint density at radius 3 is 2.32 bits per heavy atom. The molecule has 28 heavy (non-hydrogen) atoms. The van der Waals surface area contributed by atoms with Crippen molar-refractivity contribution in [1.29, 1.82) is 0 Å². The van der Waals surface area contributed by atoms with Gasteiger partial charge in [-0.05, 0) is 39.9 Å². The highest BCUT2D eigenvalue weighted by Crippen LogP contribution is 2.33. The van der Waals surface area contributed by atoms with E-state index in [9.17, 15) is 4.79 Å². The van der Waals surface area contributed by atoms with Crippen LogP contribution < -0.4 is 4.90 Å². The lowest BCUT2D eigenvalue weighted by Crippen LogP contribution is -2.15. The summed E-state index contributed by atoms with van der Waals surface area (Å²) in [5.41, 5.74) is 4.06. The number of thiazole rings is 1. The summed E-state index contributed by atoms with van der Waals surface area (Å²) in [6.07, 6.45) is 0.828. The second kappa shape index (κ2) is 7.21. The fourth-order valence-corrected chi connectivity index (χ4v) is 4.01. The van der Waals surface area contributed by atoms with Crippen LogP contribution in [0.5, 0.6) is 0 Å². The van der Waals surface area contributed by atoms with Crippen molar-refractivity contribution in [3.63, 3.8) is 0 Å². The third-order valence-corrected chi connectivity index (χ3v) is 5.70. The molecule has 0 N–H and O–H groups in total. The summed E-state index contributed by atoms with van der Waals surface area (Å²) in [7, 11) is 0. The van der Waals surface area contributed by atoms with Gasteiger partial charge < -0.3 is 0 Å². The molecule has 4 heteroatoms. The van der Waals surface area contributed by atoms with Gasteiger partial charge in [0.1, 0.15) is 0 Å². The van der Waals surface area contributed by atoms with Crippen molar-refractivity contribution in [1.82, 2.24) is 4.98 Å². The molecule has 1 aromatic heterocycles. The number of anilines is 2. The summed E-state index contributed by atoms with van der Waals surface area (Å²) in [5.74, 6) is 0. The summed E-state index contributed by atoms with van der Waals surface area (Å²) >= 11 is 1.47. The van der Waals surface area contributed by atoms with Gasteiger partial charge in [-0.15, -0.1) is 11.3 Å². The Labute approximate surface area is 169 Å². The van der Waals surface area contributed by atoms with Gasteiger partial charge in [0.25, 0.3) is 0 Å². The van der Waals surface area contributed by atoms with E-state index in [1.54, 1.807) is 4.90 Å². The number of hydrogen-bond donors (Lipinski definition) is 0. The highest BCUT2D eigenvalue weighted by atomic mass is 32.1. The Morgan fingerprint density at radius 2 is 1.64 bits per heavy atom. The lowest BCUT2D eigenvalue weighted by molar-refractivity contribution is -0.106. The average molecular weight is 387 g/mol. The number of carbonyl (C=O) groups excluding carboxylic acids is 1. The molecule has 0 saturated heterocycles. The maximum absolute atomic E-state index is 11.8. The van der Waals surface area contributed by atoms with Gasteiger partial charge in [0, 0.05) is 10.9 Å². The van der Waals surface area contributed by atoms with Crippen molar-refractivity contribution in [3.05, 3.63) is 77.7 Å². The highest BCUT2D eigenvalue weighted by molar-refractivity contribution is 7.14. The van der Waals surface area contributed by atoms with Crippen molar-refractivity contribution in [3.8, 4) is 11.3 Å². The van der Waals surface area contributed by atoms with E-state index in [4.69, 9.17) is 4.98 Å². The van der Waals surface area contributed by atoms with Gasteiger partial charge in [-0.3, -0.25) is 9.69 Å². The predicted octanol–water partition coefficient (Wildman–Crippen LogP) is 6.56. The molecule has 3 aromatic carbocycles. The molecule has 0 aliphatic carbocycles. The van der Waals surface area contributed by atoms with E-state index >= 15 is 0 Å². The second-order valence-corrected chi connectivity index (χ2v) is 8.69. The summed E-state index contributed by atoms with van der Waals surface area (Å²) in [6.45, 7) is 6.53. The van der Waals surface area contributed by atoms with Crippen LogP contribution in [0.15, 0.2) is 72.1 Å². The van der Waals surface area contributed by atoms with E-state index in [1.807, 2.05) is 29.6 Å². The zero-order chi connectivity index (χ0) is 19.7. The number of hydrogen-bond acceptors (Lipinski definition) is 3. The second-order valence-electron chi connectivity index (χ2n) is 7.85. The topological polar surface area (TPSA) is 33.2 Å². The largest absolute Gasteiger partial charge is 0.278 e. The maximum Gasteiger partial charge on any atom is 0.220 e. The number of fused-ring (bicyclic) bond motifs is 1. The molecule has 0 atom stereocenters. The van der Waals surface area contributed by atoms with Crippen molar-refractivity contribution in [2.45, 2.75) is 26.2 Å². The number of amides is 1. The zero-order valence-electron chi connectivity index (χ0n) is 16.2. The van der Waals surface area contributed by atoms with E-state index in [0.29, 0.717) is 5.13 Å². The Bertz CT molecular complexity index is 1120. The monoisotopic (exact) mass is 386 g/mol. The smallest absolute Gasteiger partial charge is 0.220 e. The van der Waals surface area contributed by atoms with E-state index in [-0.39, 0.29) is 5.41 Å².